The minimum Gasteiger partial charge on any atom is -0.285 e. The first-order valence-electron chi connectivity index (χ1n) is 3.87. The van der Waals surface area contributed by atoms with Crippen molar-refractivity contribution in [3.05, 3.63) is 47.8 Å². The van der Waals surface area contributed by atoms with E-state index in [1.54, 1.807) is 30.6 Å². The van der Waals surface area contributed by atoms with Crippen molar-refractivity contribution in [2.45, 2.75) is 0 Å². The molecule has 0 bridgehead atoms. The van der Waals surface area contributed by atoms with Crippen LogP contribution in [-0.4, -0.2) is 6.29 Å². The Hall–Kier alpha value is -1.70. The predicted octanol–water partition coefficient (Wildman–Crippen LogP) is 2.44. The largest absolute Gasteiger partial charge is 0.285 e. The van der Waals surface area contributed by atoms with Crippen molar-refractivity contribution in [1.29, 1.82) is 0 Å². The average molecular weight is 173 g/mol. The summed E-state index contributed by atoms with van der Waals surface area (Å²) in [7, 11) is 0. The lowest BCUT2D eigenvalue weighted by Crippen LogP contribution is -1.81. The van der Waals surface area contributed by atoms with E-state index in [0.717, 1.165) is 10.8 Å². The van der Waals surface area contributed by atoms with Crippen molar-refractivity contribution in [2.24, 2.45) is 0 Å². The molecule has 2 aromatic carbocycles. The van der Waals surface area contributed by atoms with Crippen molar-refractivity contribution in [2.75, 3.05) is 0 Å². The molecule has 13 heavy (non-hydrogen) atoms. The Morgan fingerprint density at radius 1 is 1.00 bits per heavy atom. The Morgan fingerprint density at radius 2 is 1.69 bits per heavy atom. The fourth-order valence-corrected chi connectivity index (χ4v) is 1.28. The second-order valence-electron chi connectivity index (χ2n) is 2.81. The molecule has 63 valence electrons. The molecule has 0 aliphatic carbocycles. The summed E-state index contributed by atoms with van der Waals surface area (Å²) < 4.78 is 12.7. The van der Waals surface area contributed by atoms with Gasteiger partial charge in [0.2, 0.25) is 6.29 Å². The maximum atomic E-state index is 12.7. The zero-order valence-electron chi connectivity index (χ0n) is 6.75. The Labute approximate surface area is 74.8 Å². The summed E-state index contributed by atoms with van der Waals surface area (Å²) in [6.45, 7) is 0. The van der Waals surface area contributed by atoms with Gasteiger partial charge in [-0.1, -0.05) is 18.2 Å². The highest BCUT2D eigenvalue weighted by atomic mass is 19.1. The van der Waals surface area contributed by atoms with Crippen LogP contribution in [0.1, 0.15) is 5.56 Å². The molecular weight excluding hydrogens is 167 g/mol. The minimum absolute atomic E-state index is 0.268. The van der Waals surface area contributed by atoms with Crippen LogP contribution in [0, 0.1) is 5.82 Å². The van der Waals surface area contributed by atoms with Gasteiger partial charge in [0.05, 0.1) is 0 Å². The second-order valence-corrected chi connectivity index (χ2v) is 2.81. The van der Waals surface area contributed by atoms with E-state index in [1.165, 1.54) is 12.1 Å². The minimum atomic E-state index is -0.268. The molecule has 0 amide bonds. The number of halogens is 1. The average Bonchev–Trinajstić information content (AvgIpc) is 2.17. The van der Waals surface area contributed by atoms with Gasteiger partial charge in [0.1, 0.15) is 5.82 Å². The number of benzene rings is 2. The van der Waals surface area contributed by atoms with Gasteiger partial charge in [-0.05, 0) is 29.0 Å². The van der Waals surface area contributed by atoms with E-state index in [-0.39, 0.29) is 5.82 Å². The quantitative estimate of drug-likeness (QED) is 0.647. The molecule has 0 saturated heterocycles. The van der Waals surface area contributed by atoms with Crippen molar-refractivity contribution < 1.29 is 9.18 Å². The summed E-state index contributed by atoms with van der Waals surface area (Å²) in [5, 5.41) is 1.64. The van der Waals surface area contributed by atoms with Gasteiger partial charge >= 0.3 is 0 Å². The van der Waals surface area contributed by atoms with Crippen molar-refractivity contribution in [3.63, 3.8) is 0 Å². The van der Waals surface area contributed by atoms with Crippen LogP contribution in [0.2, 0.25) is 0 Å². The molecule has 0 heterocycles. The summed E-state index contributed by atoms with van der Waals surface area (Å²) in [5.41, 5.74) is 0.485. The maximum Gasteiger partial charge on any atom is 0.233 e. The van der Waals surface area contributed by atoms with Gasteiger partial charge in [-0.2, -0.15) is 0 Å². The van der Waals surface area contributed by atoms with Gasteiger partial charge in [-0.25, -0.2) is 4.39 Å². The zero-order chi connectivity index (χ0) is 9.26. The maximum absolute atomic E-state index is 12.7. The molecule has 0 saturated carbocycles. The van der Waals surface area contributed by atoms with Crippen LogP contribution in [0.25, 0.3) is 10.8 Å². The lowest BCUT2D eigenvalue weighted by atomic mass is 10.1. The smallest absolute Gasteiger partial charge is 0.233 e. The summed E-state index contributed by atoms with van der Waals surface area (Å²) >= 11 is 0. The third kappa shape index (κ3) is 1.43. The summed E-state index contributed by atoms with van der Waals surface area (Å²) in [6, 6.07) is 9.46. The highest BCUT2D eigenvalue weighted by Gasteiger charge is 1.97. The number of rotatable bonds is 1. The molecule has 1 nitrogen and oxygen atoms in total. The summed E-state index contributed by atoms with van der Waals surface area (Å²) in [6.07, 6.45) is 1.79. The van der Waals surface area contributed by atoms with E-state index in [9.17, 15) is 9.18 Å². The molecule has 0 unspecified atom stereocenters. The first-order valence-corrected chi connectivity index (χ1v) is 3.87. The summed E-state index contributed by atoms with van der Waals surface area (Å²) in [4.78, 5) is 10.3. The van der Waals surface area contributed by atoms with Crippen LogP contribution in [-0.2, 0) is 4.79 Å². The summed E-state index contributed by atoms with van der Waals surface area (Å²) in [5.74, 6) is -0.268. The first kappa shape index (κ1) is 7.92. The highest BCUT2D eigenvalue weighted by molar-refractivity contribution is 5.89. The third-order valence-electron chi connectivity index (χ3n) is 1.92. The molecule has 2 heteroatoms. The fraction of sp³-hybridized carbons (Fsp3) is 0. The van der Waals surface area contributed by atoms with Crippen LogP contribution in [0.4, 0.5) is 4.39 Å². The van der Waals surface area contributed by atoms with Gasteiger partial charge < -0.3 is 0 Å². The Morgan fingerprint density at radius 3 is 2.46 bits per heavy atom. The Kier molecular flexibility index (Phi) is 1.81. The highest BCUT2D eigenvalue weighted by Crippen LogP contribution is 2.16. The van der Waals surface area contributed by atoms with Crippen molar-refractivity contribution >= 4 is 17.1 Å². The molecule has 0 fully saturated rings. The molecule has 0 aliphatic heterocycles. The van der Waals surface area contributed by atoms with Gasteiger partial charge in [0.25, 0.3) is 0 Å². The Bertz CT molecular complexity index is 463. The van der Waals surface area contributed by atoms with E-state index in [0.29, 0.717) is 5.56 Å². The zero-order valence-corrected chi connectivity index (χ0v) is 6.75. The SMILES string of the molecule is O=[C]c1ccc2cc(F)ccc2c1. The van der Waals surface area contributed by atoms with E-state index in [4.69, 9.17) is 0 Å². The molecule has 0 spiro atoms. The normalized spacial score (nSPS) is 10.2. The number of hydrogen-bond acceptors (Lipinski definition) is 1. The van der Waals surface area contributed by atoms with Crippen LogP contribution in [0.3, 0.4) is 0 Å². The van der Waals surface area contributed by atoms with E-state index in [1.807, 2.05) is 0 Å². The fourth-order valence-electron chi connectivity index (χ4n) is 1.28. The third-order valence-corrected chi connectivity index (χ3v) is 1.92. The molecule has 2 rings (SSSR count). The molecule has 0 atom stereocenters. The molecule has 0 aliphatic rings. The number of hydrogen-bond donors (Lipinski definition) is 0. The van der Waals surface area contributed by atoms with Crippen LogP contribution >= 0.6 is 0 Å². The van der Waals surface area contributed by atoms with Crippen LogP contribution in [0.15, 0.2) is 36.4 Å². The van der Waals surface area contributed by atoms with Gasteiger partial charge in [-0.3, -0.25) is 4.79 Å². The van der Waals surface area contributed by atoms with E-state index >= 15 is 0 Å². The molecule has 0 N–H and O–H groups in total. The standard InChI is InChI=1S/C11H6FO/c12-11-4-3-9-5-8(7-13)1-2-10(9)6-11/h1-6H. The number of fused-ring (bicyclic) bond motifs is 1. The van der Waals surface area contributed by atoms with Crippen molar-refractivity contribution in [1.82, 2.24) is 0 Å². The van der Waals surface area contributed by atoms with Crippen LogP contribution in [0.5, 0.6) is 0 Å². The lowest BCUT2D eigenvalue weighted by molar-refractivity contribution is 0.563. The predicted molar refractivity (Wildman–Crippen MR) is 48.7 cm³/mol. The van der Waals surface area contributed by atoms with E-state index < -0.39 is 0 Å². The molecular formula is C11H6FO. The lowest BCUT2D eigenvalue weighted by Gasteiger charge is -1.97. The Balaban J connectivity index is 2.73. The second kappa shape index (κ2) is 2.98. The van der Waals surface area contributed by atoms with Crippen LogP contribution < -0.4 is 0 Å². The van der Waals surface area contributed by atoms with Gasteiger partial charge in [0.15, 0.2) is 0 Å². The topological polar surface area (TPSA) is 17.1 Å². The van der Waals surface area contributed by atoms with E-state index in [2.05, 4.69) is 0 Å². The number of carbonyl (C=O) groups excluding carboxylic acids is 1. The van der Waals surface area contributed by atoms with Crippen molar-refractivity contribution in [3.8, 4) is 0 Å². The van der Waals surface area contributed by atoms with Gasteiger partial charge in [-0.15, -0.1) is 0 Å². The van der Waals surface area contributed by atoms with Gasteiger partial charge in [0, 0.05) is 5.56 Å². The molecule has 1 radical (unpaired) electrons. The molecule has 0 aromatic heterocycles. The first-order chi connectivity index (χ1) is 6.29. The molecule has 2 aromatic rings. The monoisotopic (exact) mass is 173 g/mol.